The number of urea groups is 1. The number of anilines is 1. The van der Waals surface area contributed by atoms with Crippen LogP contribution in [-0.4, -0.2) is 55.1 Å². The zero-order valence-electron chi connectivity index (χ0n) is 14.5. The molecule has 0 aromatic heterocycles. The van der Waals surface area contributed by atoms with Crippen LogP contribution in [0.25, 0.3) is 0 Å². The molecule has 2 heterocycles. The van der Waals surface area contributed by atoms with E-state index < -0.39 is 0 Å². The third kappa shape index (κ3) is 4.28. The van der Waals surface area contributed by atoms with Gasteiger partial charge in [-0.2, -0.15) is 0 Å². The Hall–Kier alpha value is -2.15. The van der Waals surface area contributed by atoms with Crippen LogP contribution in [0.1, 0.15) is 26.2 Å². The van der Waals surface area contributed by atoms with Crippen molar-refractivity contribution in [3.05, 3.63) is 30.1 Å². The molecule has 0 spiro atoms. The van der Waals surface area contributed by atoms with E-state index in [4.69, 9.17) is 0 Å². The lowest BCUT2D eigenvalue weighted by atomic mass is 10.2. The van der Waals surface area contributed by atoms with Crippen molar-refractivity contribution in [3.8, 4) is 0 Å². The molecule has 0 aliphatic carbocycles. The maximum Gasteiger partial charge on any atom is 0.315 e. The molecule has 2 aliphatic heterocycles. The molecule has 6 nitrogen and oxygen atoms in total. The highest BCUT2D eigenvalue weighted by molar-refractivity contribution is 5.96. The molecule has 0 unspecified atom stereocenters. The number of nitrogens with zero attached hydrogens (tertiary/aromatic N) is 2. The van der Waals surface area contributed by atoms with Gasteiger partial charge in [0.15, 0.2) is 0 Å². The normalized spacial score (nSPS) is 23.9. The summed E-state index contributed by atoms with van der Waals surface area (Å²) in [7, 11) is 0. The molecular weight excluding hydrogens is 323 g/mol. The van der Waals surface area contributed by atoms with Gasteiger partial charge in [0.1, 0.15) is 5.82 Å². The number of likely N-dealkylation sites (N-methyl/N-ethyl adjacent to an activating group) is 1. The molecule has 2 aliphatic rings. The number of carbonyl (C=O) groups is 2. The van der Waals surface area contributed by atoms with E-state index in [1.54, 1.807) is 12.1 Å². The summed E-state index contributed by atoms with van der Waals surface area (Å²) in [6.45, 7) is 5.19. The van der Waals surface area contributed by atoms with Crippen LogP contribution < -0.4 is 15.5 Å². The van der Waals surface area contributed by atoms with Crippen molar-refractivity contribution in [3.63, 3.8) is 0 Å². The van der Waals surface area contributed by atoms with E-state index in [0.29, 0.717) is 24.8 Å². The molecule has 0 saturated carbocycles. The minimum absolute atomic E-state index is 0.108. The summed E-state index contributed by atoms with van der Waals surface area (Å²) >= 11 is 0. The van der Waals surface area contributed by atoms with Crippen molar-refractivity contribution in [2.24, 2.45) is 0 Å². The van der Waals surface area contributed by atoms with Crippen molar-refractivity contribution in [1.82, 2.24) is 15.5 Å². The average molecular weight is 348 g/mol. The fourth-order valence-corrected chi connectivity index (χ4v) is 3.69. The van der Waals surface area contributed by atoms with Crippen molar-refractivity contribution in [2.75, 3.05) is 31.1 Å². The van der Waals surface area contributed by atoms with Gasteiger partial charge in [-0.05, 0) is 44.1 Å². The van der Waals surface area contributed by atoms with Crippen molar-refractivity contribution >= 4 is 17.6 Å². The van der Waals surface area contributed by atoms with E-state index >= 15 is 0 Å². The molecule has 2 saturated heterocycles. The smallest absolute Gasteiger partial charge is 0.315 e. The first-order valence-corrected chi connectivity index (χ1v) is 8.91. The number of carbonyl (C=O) groups excluding carboxylic acids is 2. The lowest BCUT2D eigenvalue weighted by Crippen LogP contribution is -2.47. The molecule has 2 fully saturated rings. The van der Waals surface area contributed by atoms with Gasteiger partial charge in [-0.15, -0.1) is 0 Å². The molecule has 2 atom stereocenters. The van der Waals surface area contributed by atoms with E-state index in [0.717, 1.165) is 19.5 Å². The minimum Gasteiger partial charge on any atom is -0.337 e. The number of likely N-dealkylation sites (tertiary alicyclic amines) is 1. The number of hydrogen-bond acceptors (Lipinski definition) is 3. The number of halogens is 1. The number of nitrogens with one attached hydrogen (secondary N) is 2. The number of amides is 3. The average Bonchev–Trinajstić information content (AvgIpc) is 3.19. The Morgan fingerprint density at radius 1 is 1.40 bits per heavy atom. The van der Waals surface area contributed by atoms with Gasteiger partial charge in [0, 0.05) is 31.2 Å². The lowest BCUT2D eigenvalue weighted by Gasteiger charge is -2.23. The molecular formula is C18H25FN4O2. The largest absolute Gasteiger partial charge is 0.337 e. The Labute approximate surface area is 147 Å². The van der Waals surface area contributed by atoms with Crippen molar-refractivity contribution < 1.29 is 14.0 Å². The van der Waals surface area contributed by atoms with Gasteiger partial charge in [-0.3, -0.25) is 9.69 Å². The molecule has 25 heavy (non-hydrogen) atoms. The van der Waals surface area contributed by atoms with Crippen LogP contribution in [0.2, 0.25) is 0 Å². The molecule has 3 amide bonds. The minimum atomic E-state index is -0.378. The Kier molecular flexibility index (Phi) is 5.53. The fraction of sp³-hybridized carbons (Fsp3) is 0.556. The lowest BCUT2D eigenvalue weighted by molar-refractivity contribution is -0.117. The first kappa shape index (κ1) is 17.7. The van der Waals surface area contributed by atoms with Crippen molar-refractivity contribution in [1.29, 1.82) is 0 Å². The summed E-state index contributed by atoms with van der Waals surface area (Å²) in [4.78, 5) is 28.2. The van der Waals surface area contributed by atoms with Crippen molar-refractivity contribution in [2.45, 2.75) is 38.3 Å². The van der Waals surface area contributed by atoms with Gasteiger partial charge in [-0.25, -0.2) is 9.18 Å². The van der Waals surface area contributed by atoms with E-state index in [-0.39, 0.29) is 30.2 Å². The predicted octanol–water partition coefficient (Wildman–Crippen LogP) is 1.71. The Morgan fingerprint density at radius 3 is 3.00 bits per heavy atom. The van der Waals surface area contributed by atoms with Crippen LogP contribution in [0, 0.1) is 5.82 Å². The Balaban J connectivity index is 1.48. The highest BCUT2D eigenvalue weighted by Gasteiger charge is 2.32. The zero-order valence-corrected chi connectivity index (χ0v) is 14.5. The van der Waals surface area contributed by atoms with Gasteiger partial charge < -0.3 is 15.5 Å². The highest BCUT2D eigenvalue weighted by Crippen LogP contribution is 2.22. The molecule has 0 radical (unpaired) electrons. The zero-order chi connectivity index (χ0) is 17.8. The van der Waals surface area contributed by atoms with E-state index in [1.807, 2.05) is 0 Å². The van der Waals surface area contributed by atoms with Crippen LogP contribution in [0.3, 0.4) is 0 Å². The van der Waals surface area contributed by atoms with Crippen LogP contribution in [0.5, 0.6) is 0 Å². The SMILES string of the molecule is CCN1CCC[C@@H]1CNC(=O)N[C@@H]1CC(=O)N(c2cccc(F)c2)C1. The summed E-state index contributed by atoms with van der Waals surface area (Å²) in [5, 5.41) is 5.77. The summed E-state index contributed by atoms with van der Waals surface area (Å²) < 4.78 is 13.3. The van der Waals surface area contributed by atoms with Gasteiger partial charge in [0.05, 0.1) is 6.04 Å². The molecule has 2 N–H and O–H groups in total. The van der Waals surface area contributed by atoms with Crippen LogP contribution in [0.4, 0.5) is 14.9 Å². The number of hydrogen-bond donors (Lipinski definition) is 2. The van der Waals surface area contributed by atoms with Crippen LogP contribution in [-0.2, 0) is 4.79 Å². The summed E-state index contributed by atoms with van der Waals surface area (Å²) in [6, 6.07) is 5.83. The maximum atomic E-state index is 13.3. The first-order chi connectivity index (χ1) is 12.1. The van der Waals surface area contributed by atoms with Crippen LogP contribution >= 0.6 is 0 Å². The Morgan fingerprint density at radius 2 is 2.24 bits per heavy atom. The third-order valence-electron chi connectivity index (χ3n) is 4.98. The number of rotatable bonds is 5. The quantitative estimate of drug-likeness (QED) is 0.852. The molecule has 0 bridgehead atoms. The van der Waals surface area contributed by atoms with E-state index in [2.05, 4.69) is 22.5 Å². The Bertz CT molecular complexity index is 639. The standard InChI is InChI=1S/C18H25FN4O2/c1-2-22-8-4-7-16(22)11-20-18(25)21-14-10-17(24)23(12-14)15-6-3-5-13(19)9-15/h3,5-6,9,14,16H,2,4,7-8,10-12H2,1H3,(H2,20,21,25)/t14-,16-/m1/s1. The van der Waals surface area contributed by atoms with Gasteiger partial charge in [0.2, 0.25) is 5.91 Å². The fourth-order valence-electron chi connectivity index (χ4n) is 3.69. The molecule has 7 heteroatoms. The van der Waals surface area contributed by atoms with E-state index in [1.165, 1.54) is 23.5 Å². The predicted molar refractivity (Wildman–Crippen MR) is 94.0 cm³/mol. The monoisotopic (exact) mass is 348 g/mol. The third-order valence-corrected chi connectivity index (χ3v) is 4.98. The molecule has 3 rings (SSSR count). The van der Waals surface area contributed by atoms with Crippen LogP contribution in [0.15, 0.2) is 24.3 Å². The second-order valence-electron chi connectivity index (χ2n) is 6.66. The molecule has 1 aromatic carbocycles. The van der Waals surface area contributed by atoms with Gasteiger partial charge in [0.25, 0.3) is 0 Å². The molecule has 136 valence electrons. The highest BCUT2D eigenvalue weighted by atomic mass is 19.1. The van der Waals surface area contributed by atoms with Gasteiger partial charge >= 0.3 is 6.03 Å². The molecule has 1 aromatic rings. The topological polar surface area (TPSA) is 64.7 Å². The maximum absolute atomic E-state index is 13.3. The first-order valence-electron chi connectivity index (χ1n) is 8.91. The summed E-state index contributed by atoms with van der Waals surface area (Å²) in [6.07, 6.45) is 2.50. The summed E-state index contributed by atoms with van der Waals surface area (Å²) in [5.74, 6) is -0.486. The second kappa shape index (κ2) is 7.82. The summed E-state index contributed by atoms with van der Waals surface area (Å²) in [5.41, 5.74) is 0.527. The van der Waals surface area contributed by atoms with E-state index in [9.17, 15) is 14.0 Å². The van der Waals surface area contributed by atoms with Gasteiger partial charge in [-0.1, -0.05) is 13.0 Å². The second-order valence-corrected chi connectivity index (χ2v) is 6.66. The number of benzene rings is 1.